The van der Waals surface area contributed by atoms with Crippen molar-refractivity contribution >= 4 is 17.8 Å². The number of likely N-dealkylation sites (tertiary alicyclic amines) is 1. The molecule has 1 atom stereocenters. The summed E-state index contributed by atoms with van der Waals surface area (Å²) in [6, 6.07) is 14.3. The van der Waals surface area contributed by atoms with Gasteiger partial charge in [-0.3, -0.25) is 9.59 Å². The quantitative estimate of drug-likeness (QED) is 0.568. The maximum Gasteiger partial charge on any atom is 0.338 e. The van der Waals surface area contributed by atoms with Crippen molar-refractivity contribution in [2.24, 2.45) is 0 Å². The molecule has 0 saturated carbocycles. The molecular weight excluding hydrogens is 370 g/mol. The first-order valence-electron chi connectivity index (χ1n) is 9.79. The van der Waals surface area contributed by atoms with Crippen molar-refractivity contribution in [3.05, 3.63) is 54.1 Å². The van der Waals surface area contributed by atoms with Crippen molar-refractivity contribution in [1.29, 1.82) is 0 Å². The number of benzene rings is 2. The van der Waals surface area contributed by atoms with Crippen molar-refractivity contribution in [1.82, 2.24) is 4.90 Å². The van der Waals surface area contributed by atoms with Gasteiger partial charge in [-0.05, 0) is 61.6 Å². The predicted octanol–water partition coefficient (Wildman–Crippen LogP) is 3.84. The van der Waals surface area contributed by atoms with Crippen LogP contribution in [0.2, 0.25) is 0 Å². The average Bonchev–Trinajstić information content (AvgIpc) is 2.72. The van der Waals surface area contributed by atoms with Gasteiger partial charge in [-0.2, -0.15) is 0 Å². The van der Waals surface area contributed by atoms with Gasteiger partial charge in [0.2, 0.25) is 0 Å². The molecule has 0 N–H and O–H groups in total. The largest absolute Gasteiger partial charge is 0.452 e. The van der Waals surface area contributed by atoms with E-state index in [1.54, 1.807) is 29.2 Å². The number of nitrogens with zero attached hydrogens (tertiary/aromatic N) is 1. The second-order valence-corrected chi connectivity index (χ2v) is 7.20. The standard InChI is InChI=1S/C23H25NO5/c1-16-5-3-4-14-24(16)22(26)15-28-23(27)20-8-6-18(7-9-20)19-10-12-21(13-11-19)29-17(2)25/h6-13,16H,3-5,14-15H2,1-2H3/t16-/m0/s1. The summed E-state index contributed by atoms with van der Waals surface area (Å²) < 4.78 is 10.2. The van der Waals surface area contributed by atoms with E-state index in [-0.39, 0.29) is 24.5 Å². The Bertz CT molecular complexity index is 873. The van der Waals surface area contributed by atoms with E-state index in [0.717, 1.165) is 36.9 Å². The molecule has 0 spiro atoms. The molecule has 1 aliphatic heterocycles. The number of esters is 2. The molecule has 0 unspecified atom stereocenters. The third-order valence-electron chi connectivity index (χ3n) is 5.02. The van der Waals surface area contributed by atoms with Crippen molar-refractivity contribution in [2.75, 3.05) is 13.2 Å². The van der Waals surface area contributed by atoms with Crippen LogP contribution in [0.5, 0.6) is 5.75 Å². The summed E-state index contributed by atoms with van der Waals surface area (Å²) in [5.41, 5.74) is 2.23. The third kappa shape index (κ3) is 5.44. The number of hydrogen-bond donors (Lipinski definition) is 0. The first-order valence-corrected chi connectivity index (χ1v) is 9.79. The summed E-state index contributed by atoms with van der Waals surface area (Å²) in [4.78, 5) is 37.3. The van der Waals surface area contributed by atoms with Crippen molar-refractivity contribution in [3.63, 3.8) is 0 Å². The van der Waals surface area contributed by atoms with Crippen LogP contribution in [0.25, 0.3) is 11.1 Å². The number of ether oxygens (including phenoxy) is 2. The molecule has 6 heteroatoms. The second-order valence-electron chi connectivity index (χ2n) is 7.20. The van der Waals surface area contributed by atoms with Gasteiger partial charge in [-0.15, -0.1) is 0 Å². The van der Waals surface area contributed by atoms with Gasteiger partial charge in [0.05, 0.1) is 5.56 Å². The maximum absolute atomic E-state index is 12.3. The van der Waals surface area contributed by atoms with Crippen LogP contribution in [0.3, 0.4) is 0 Å². The highest BCUT2D eigenvalue weighted by atomic mass is 16.5. The van der Waals surface area contributed by atoms with E-state index in [9.17, 15) is 14.4 Å². The smallest absolute Gasteiger partial charge is 0.338 e. The summed E-state index contributed by atoms with van der Waals surface area (Å²) >= 11 is 0. The molecule has 0 aromatic heterocycles. The van der Waals surface area contributed by atoms with E-state index < -0.39 is 5.97 Å². The first-order chi connectivity index (χ1) is 13.9. The van der Waals surface area contributed by atoms with Gasteiger partial charge in [0.15, 0.2) is 6.61 Å². The lowest BCUT2D eigenvalue weighted by Gasteiger charge is -2.33. The fourth-order valence-electron chi connectivity index (χ4n) is 3.44. The van der Waals surface area contributed by atoms with E-state index in [0.29, 0.717) is 11.3 Å². The Balaban J connectivity index is 1.57. The van der Waals surface area contributed by atoms with Crippen LogP contribution < -0.4 is 4.74 Å². The Labute approximate surface area is 170 Å². The lowest BCUT2D eigenvalue weighted by molar-refractivity contribution is -0.137. The molecule has 1 aliphatic rings. The van der Waals surface area contributed by atoms with Crippen LogP contribution in [-0.2, 0) is 14.3 Å². The van der Waals surface area contributed by atoms with E-state index in [2.05, 4.69) is 0 Å². The maximum atomic E-state index is 12.3. The SMILES string of the molecule is CC(=O)Oc1ccc(-c2ccc(C(=O)OCC(=O)N3CCCC[C@@H]3C)cc2)cc1. The summed E-state index contributed by atoms with van der Waals surface area (Å²) in [5, 5.41) is 0. The minimum Gasteiger partial charge on any atom is -0.452 e. The van der Waals surface area contributed by atoms with Crippen molar-refractivity contribution in [3.8, 4) is 16.9 Å². The number of amides is 1. The molecule has 6 nitrogen and oxygen atoms in total. The zero-order valence-electron chi connectivity index (χ0n) is 16.7. The molecule has 1 saturated heterocycles. The normalized spacial score (nSPS) is 16.2. The highest BCUT2D eigenvalue weighted by molar-refractivity contribution is 5.92. The van der Waals surface area contributed by atoms with Gasteiger partial charge in [-0.1, -0.05) is 24.3 Å². The monoisotopic (exact) mass is 395 g/mol. The molecule has 2 aromatic carbocycles. The van der Waals surface area contributed by atoms with E-state index in [1.807, 2.05) is 31.2 Å². The third-order valence-corrected chi connectivity index (χ3v) is 5.02. The van der Waals surface area contributed by atoms with Gasteiger partial charge >= 0.3 is 11.9 Å². The van der Waals surface area contributed by atoms with Crippen LogP contribution in [0.15, 0.2) is 48.5 Å². The lowest BCUT2D eigenvalue weighted by Crippen LogP contribution is -2.44. The predicted molar refractivity (Wildman–Crippen MR) is 108 cm³/mol. The number of hydrogen-bond acceptors (Lipinski definition) is 5. The molecule has 0 bridgehead atoms. The van der Waals surface area contributed by atoms with Gasteiger partial charge < -0.3 is 14.4 Å². The van der Waals surface area contributed by atoms with Crippen LogP contribution in [-0.4, -0.2) is 41.9 Å². The van der Waals surface area contributed by atoms with E-state index >= 15 is 0 Å². The van der Waals surface area contributed by atoms with Crippen LogP contribution in [0, 0.1) is 0 Å². The molecule has 152 valence electrons. The molecule has 3 rings (SSSR count). The lowest BCUT2D eigenvalue weighted by atomic mass is 10.0. The number of carbonyl (C=O) groups excluding carboxylic acids is 3. The van der Waals surface area contributed by atoms with Crippen LogP contribution >= 0.6 is 0 Å². The molecule has 0 aliphatic carbocycles. The summed E-state index contributed by atoms with van der Waals surface area (Å²) in [5.74, 6) is -0.544. The van der Waals surface area contributed by atoms with E-state index in [4.69, 9.17) is 9.47 Å². The van der Waals surface area contributed by atoms with Gasteiger partial charge in [0, 0.05) is 19.5 Å². The Hall–Kier alpha value is -3.15. The van der Waals surface area contributed by atoms with Crippen molar-refractivity contribution < 1.29 is 23.9 Å². The molecule has 0 radical (unpaired) electrons. The first kappa shape index (κ1) is 20.6. The fraction of sp³-hybridized carbons (Fsp3) is 0.348. The van der Waals surface area contributed by atoms with Gasteiger partial charge in [0.25, 0.3) is 5.91 Å². The summed E-state index contributed by atoms with van der Waals surface area (Å²) in [6.45, 7) is 3.87. The van der Waals surface area contributed by atoms with Gasteiger partial charge in [-0.25, -0.2) is 4.79 Å². The zero-order chi connectivity index (χ0) is 20.8. The number of carbonyl (C=O) groups is 3. The van der Waals surface area contributed by atoms with Gasteiger partial charge in [0.1, 0.15) is 5.75 Å². The molecular formula is C23H25NO5. The van der Waals surface area contributed by atoms with Crippen LogP contribution in [0.4, 0.5) is 0 Å². The Morgan fingerprint density at radius 2 is 1.59 bits per heavy atom. The molecule has 1 fully saturated rings. The highest BCUT2D eigenvalue weighted by Gasteiger charge is 2.24. The molecule has 1 heterocycles. The van der Waals surface area contributed by atoms with E-state index in [1.165, 1.54) is 6.92 Å². The Kier molecular flexibility index (Phi) is 6.65. The Morgan fingerprint density at radius 1 is 0.966 bits per heavy atom. The zero-order valence-corrected chi connectivity index (χ0v) is 16.7. The fourth-order valence-corrected chi connectivity index (χ4v) is 3.44. The summed E-state index contributed by atoms with van der Waals surface area (Å²) in [6.07, 6.45) is 3.11. The number of rotatable bonds is 5. The van der Waals surface area contributed by atoms with Crippen LogP contribution in [0.1, 0.15) is 43.5 Å². The number of piperidine rings is 1. The molecule has 29 heavy (non-hydrogen) atoms. The summed E-state index contributed by atoms with van der Waals surface area (Å²) in [7, 11) is 0. The average molecular weight is 395 g/mol. The molecule has 1 amide bonds. The molecule has 2 aromatic rings. The minimum atomic E-state index is -0.514. The minimum absolute atomic E-state index is 0.143. The Morgan fingerprint density at radius 3 is 2.17 bits per heavy atom. The second kappa shape index (κ2) is 9.37. The topological polar surface area (TPSA) is 72.9 Å². The highest BCUT2D eigenvalue weighted by Crippen LogP contribution is 2.23. The van der Waals surface area contributed by atoms with Crippen molar-refractivity contribution in [2.45, 2.75) is 39.2 Å².